The Bertz CT molecular complexity index is 563. The summed E-state index contributed by atoms with van der Waals surface area (Å²) >= 11 is 0. The molecule has 0 aliphatic carbocycles. The minimum absolute atomic E-state index is 0.283. The maximum Gasteiger partial charge on any atom is 0.338 e. The molecule has 106 valence electrons. The monoisotopic (exact) mass is 274 g/mol. The van der Waals surface area contributed by atoms with E-state index in [-0.39, 0.29) is 5.97 Å². The van der Waals surface area contributed by atoms with Crippen LogP contribution in [-0.2, 0) is 18.3 Å². The zero-order valence-electron chi connectivity index (χ0n) is 11.7. The maximum absolute atomic E-state index is 11.6. The van der Waals surface area contributed by atoms with Crippen LogP contribution in [0.1, 0.15) is 29.4 Å². The van der Waals surface area contributed by atoms with Crippen LogP contribution in [-0.4, -0.2) is 27.6 Å². The van der Waals surface area contributed by atoms with Crippen molar-refractivity contribution in [1.82, 2.24) is 15.0 Å². The summed E-state index contributed by atoms with van der Waals surface area (Å²) in [6.07, 6.45) is 2.54. The fraction of sp³-hybridized carbons (Fsp3) is 0.357. The first-order chi connectivity index (χ1) is 9.70. The predicted molar refractivity (Wildman–Crippen MR) is 75.3 cm³/mol. The van der Waals surface area contributed by atoms with E-state index in [0.717, 1.165) is 17.8 Å². The molecule has 0 atom stereocenters. The van der Waals surface area contributed by atoms with Gasteiger partial charge in [0.05, 0.1) is 30.6 Å². The summed E-state index contributed by atoms with van der Waals surface area (Å²) in [5.74, 6) is -0.283. The van der Waals surface area contributed by atoms with Crippen molar-refractivity contribution >= 4 is 11.7 Å². The third kappa shape index (κ3) is 3.57. The first-order valence-corrected chi connectivity index (χ1v) is 6.55. The number of aromatic nitrogens is 3. The van der Waals surface area contributed by atoms with Gasteiger partial charge in [-0.1, -0.05) is 12.1 Å². The van der Waals surface area contributed by atoms with Gasteiger partial charge < -0.3 is 10.1 Å². The van der Waals surface area contributed by atoms with Crippen molar-refractivity contribution in [3.63, 3.8) is 0 Å². The molecule has 1 aromatic carbocycles. The number of carbonyl (C=O) groups excluding carboxylic acids is 1. The third-order valence-electron chi connectivity index (χ3n) is 2.84. The molecule has 1 aromatic heterocycles. The van der Waals surface area contributed by atoms with Gasteiger partial charge >= 0.3 is 5.97 Å². The van der Waals surface area contributed by atoms with Crippen LogP contribution in [0, 0.1) is 0 Å². The van der Waals surface area contributed by atoms with E-state index in [1.807, 2.05) is 26.1 Å². The summed E-state index contributed by atoms with van der Waals surface area (Å²) in [7, 11) is 1.84. The lowest BCUT2D eigenvalue weighted by atomic mass is 10.2. The Morgan fingerprint density at radius 2 is 2.10 bits per heavy atom. The molecule has 0 amide bonds. The second kappa shape index (κ2) is 6.70. The van der Waals surface area contributed by atoms with Gasteiger partial charge in [0.1, 0.15) is 0 Å². The highest BCUT2D eigenvalue weighted by atomic mass is 16.5. The van der Waals surface area contributed by atoms with Gasteiger partial charge in [-0.15, -0.1) is 5.10 Å². The van der Waals surface area contributed by atoms with E-state index < -0.39 is 0 Å². The zero-order valence-corrected chi connectivity index (χ0v) is 11.7. The average molecular weight is 274 g/mol. The molecule has 0 saturated carbocycles. The largest absolute Gasteiger partial charge is 0.462 e. The van der Waals surface area contributed by atoms with E-state index in [9.17, 15) is 4.79 Å². The lowest BCUT2D eigenvalue weighted by Gasteiger charge is -2.07. The molecule has 0 unspecified atom stereocenters. The highest BCUT2D eigenvalue weighted by molar-refractivity contribution is 5.89. The molecule has 1 N–H and O–H groups in total. The van der Waals surface area contributed by atoms with Crippen LogP contribution < -0.4 is 5.32 Å². The van der Waals surface area contributed by atoms with Gasteiger partial charge in [0.2, 0.25) is 0 Å². The number of aryl methyl sites for hydroxylation is 1. The fourth-order valence-corrected chi connectivity index (χ4v) is 1.67. The summed E-state index contributed by atoms with van der Waals surface area (Å²) in [4.78, 5) is 11.6. The molecule has 20 heavy (non-hydrogen) atoms. The molecule has 0 radical (unpaired) electrons. The van der Waals surface area contributed by atoms with Crippen LogP contribution in [0.15, 0.2) is 30.5 Å². The highest BCUT2D eigenvalue weighted by Gasteiger charge is 2.06. The molecule has 0 fully saturated rings. The van der Waals surface area contributed by atoms with E-state index in [2.05, 4.69) is 15.6 Å². The normalized spacial score (nSPS) is 10.3. The van der Waals surface area contributed by atoms with Crippen molar-refractivity contribution in [2.45, 2.75) is 19.9 Å². The molecule has 0 bridgehead atoms. The van der Waals surface area contributed by atoms with E-state index in [1.54, 1.807) is 23.0 Å². The first kappa shape index (κ1) is 14.0. The molecular weight excluding hydrogens is 256 g/mol. The number of hydrogen-bond acceptors (Lipinski definition) is 5. The quantitative estimate of drug-likeness (QED) is 0.816. The van der Waals surface area contributed by atoms with Crippen LogP contribution in [0.5, 0.6) is 0 Å². The SMILES string of the molecule is CCCOC(=O)c1ccc(NCc2cnnn2C)cc1. The highest BCUT2D eigenvalue weighted by Crippen LogP contribution is 2.11. The number of ether oxygens (including phenoxy) is 1. The van der Waals surface area contributed by atoms with E-state index in [4.69, 9.17) is 4.74 Å². The minimum atomic E-state index is -0.283. The minimum Gasteiger partial charge on any atom is -0.462 e. The number of nitrogens with zero attached hydrogens (tertiary/aromatic N) is 3. The Balaban J connectivity index is 1.91. The zero-order chi connectivity index (χ0) is 14.4. The molecule has 2 aromatic rings. The summed E-state index contributed by atoms with van der Waals surface area (Å²) in [5, 5.41) is 10.9. The molecule has 0 saturated heterocycles. The number of nitrogens with one attached hydrogen (secondary N) is 1. The topological polar surface area (TPSA) is 69.0 Å². The van der Waals surface area contributed by atoms with Gasteiger partial charge in [-0.05, 0) is 30.7 Å². The van der Waals surface area contributed by atoms with E-state index in [1.165, 1.54) is 0 Å². The van der Waals surface area contributed by atoms with E-state index >= 15 is 0 Å². The molecule has 0 aliphatic heterocycles. The molecule has 1 heterocycles. The van der Waals surface area contributed by atoms with E-state index in [0.29, 0.717) is 18.7 Å². The molecule has 6 heteroatoms. The number of carbonyl (C=O) groups is 1. The van der Waals surface area contributed by atoms with Gasteiger partial charge in [-0.3, -0.25) is 4.68 Å². The lowest BCUT2D eigenvalue weighted by molar-refractivity contribution is 0.0505. The standard InChI is InChI=1S/C14H18N4O2/c1-3-8-20-14(19)11-4-6-12(7-5-11)15-9-13-10-16-17-18(13)2/h4-7,10,15H,3,8-9H2,1-2H3. The fourth-order valence-electron chi connectivity index (χ4n) is 1.67. The van der Waals surface area contributed by atoms with Crippen LogP contribution in [0.3, 0.4) is 0 Å². The summed E-state index contributed by atoms with van der Waals surface area (Å²) in [6.45, 7) is 3.04. The Hall–Kier alpha value is -2.37. The molecule has 0 aliphatic rings. The van der Waals surface area contributed by atoms with Crippen molar-refractivity contribution < 1.29 is 9.53 Å². The van der Waals surface area contributed by atoms with Gasteiger partial charge in [0.15, 0.2) is 0 Å². The van der Waals surface area contributed by atoms with Crippen molar-refractivity contribution in [1.29, 1.82) is 0 Å². The van der Waals surface area contributed by atoms with Gasteiger partial charge in [-0.2, -0.15) is 0 Å². The number of anilines is 1. The van der Waals surface area contributed by atoms with Crippen molar-refractivity contribution in [2.24, 2.45) is 7.05 Å². The number of hydrogen-bond donors (Lipinski definition) is 1. The van der Waals surface area contributed by atoms with Crippen molar-refractivity contribution in [3.05, 3.63) is 41.7 Å². The number of rotatable bonds is 6. The average Bonchev–Trinajstić information content (AvgIpc) is 2.88. The summed E-state index contributed by atoms with van der Waals surface area (Å²) in [6, 6.07) is 7.21. The summed E-state index contributed by atoms with van der Waals surface area (Å²) in [5.41, 5.74) is 2.47. The van der Waals surface area contributed by atoms with Crippen molar-refractivity contribution in [3.8, 4) is 0 Å². The second-order valence-electron chi connectivity index (χ2n) is 4.42. The number of benzene rings is 1. The van der Waals surface area contributed by atoms with Gasteiger partial charge in [0, 0.05) is 12.7 Å². The van der Waals surface area contributed by atoms with Crippen LogP contribution in [0.2, 0.25) is 0 Å². The second-order valence-corrected chi connectivity index (χ2v) is 4.42. The summed E-state index contributed by atoms with van der Waals surface area (Å²) < 4.78 is 6.78. The molecule has 6 nitrogen and oxygen atoms in total. The maximum atomic E-state index is 11.6. The third-order valence-corrected chi connectivity index (χ3v) is 2.84. The molecule has 0 spiro atoms. The van der Waals surface area contributed by atoms with Gasteiger partial charge in [0.25, 0.3) is 0 Å². The molecular formula is C14H18N4O2. The Morgan fingerprint density at radius 1 is 1.35 bits per heavy atom. The van der Waals surface area contributed by atoms with Crippen molar-refractivity contribution in [2.75, 3.05) is 11.9 Å². The van der Waals surface area contributed by atoms with Crippen LogP contribution in [0.25, 0.3) is 0 Å². The Labute approximate surface area is 117 Å². The molecule has 2 rings (SSSR count). The van der Waals surface area contributed by atoms with Crippen LogP contribution >= 0.6 is 0 Å². The lowest BCUT2D eigenvalue weighted by Crippen LogP contribution is -2.07. The Kier molecular flexibility index (Phi) is 4.70. The number of esters is 1. The Morgan fingerprint density at radius 3 is 2.70 bits per heavy atom. The smallest absolute Gasteiger partial charge is 0.338 e. The van der Waals surface area contributed by atoms with Gasteiger partial charge in [-0.25, -0.2) is 4.79 Å². The van der Waals surface area contributed by atoms with Crippen LogP contribution in [0.4, 0.5) is 5.69 Å². The predicted octanol–water partition coefficient (Wildman–Crippen LogP) is 1.99. The first-order valence-electron chi connectivity index (χ1n) is 6.55.